The molecule has 1 saturated heterocycles. The smallest absolute Gasteiger partial charge is 0.239 e. The Hall–Kier alpha value is -1.03. The lowest BCUT2D eigenvalue weighted by Gasteiger charge is -2.14. The van der Waals surface area contributed by atoms with E-state index in [1.807, 2.05) is 0 Å². The first kappa shape index (κ1) is 11.0. The quantitative estimate of drug-likeness (QED) is 0.743. The summed E-state index contributed by atoms with van der Waals surface area (Å²) in [5, 5.41) is 2.95. The van der Waals surface area contributed by atoms with Crippen molar-refractivity contribution in [2.24, 2.45) is 0 Å². The SMILES string of the molecule is C=C(Cl)CNC(=O)CN1CCCC1=O. The first-order valence-electron chi connectivity index (χ1n) is 4.47. The van der Waals surface area contributed by atoms with Crippen molar-refractivity contribution < 1.29 is 9.59 Å². The molecule has 0 aromatic rings. The van der Waals surface area contributed by atoms with Gasteiger partial charge in [-0.2, -0.15) is 0 Å². The van der Waals surface area contributed by atoms with Crippen LogP contribution in [-0.4, -0.2) is 36.3 Å². The molecule has 1 aliphatic rings. The summed E-state index contributed by atoms with van der Waals surface area (Å²) in [6.45, 7) is 4.50. The Morgan fingerprint density at radius 2 is 2.36 bits per heavy atom. The van der Waals surface area contributed by atoms with Gasteiger partial charge in [-0.15, -0.1) is 0 Å². The predicted molar refractivity (Wildman–Crippen MR) is 53.8 cm³/mol. The van der Waals surface area contributed by atoms with Crippen molar-refractivity contribution in [2.45, 2.75) is 12.8 Å². The average Bonchev–Trinajstić information content (AvgIpc) is 2.49. The van der Waals surface area contributed by atoms with Gasteiger partial charge in [-0.05, 0) is 6.42 Å². The zero-order valence-corrected chi connectivity index (χ0v) is 8.64. The molecule has 0 spiro atoms. The fourth-order valence-corrected chi connectivity index (χ4v) is 1.36. The molecule has 5 heteroatoms. The molecule has 0 radical (unpaired) electrons. The highest BCUT2D eigenvalue weighted by atomic mass is 35.5. The molecule has 0 bridgehead atoms. The molecule has 0 aromatic heterocycles. The summed E-state index contributed by atoms with van der Waals surface area (Å²) in [5.74, 6) is -0.146. The monoisotopic (exact) mass is 216 g/mol. The standard InChI is InChI=1S/C9H13ClN2O2/c1-7(10)5-11-8(13)6-12-4-2-3-9(12)14/h1-6H2,(H,11,13). The topological polar surface area (TPSA) is 49.4 Å². The van der Waals surface area contributed by atoms with Crippen molar-refractivity contribution in [1.82, 2.24) is 10.2 Å². The zero-order valence-electron chi connectivity index (χ0n) is 7.88. The van der Waals surface area contributed by atoms with Gasteiger partial charge < -0.3 is 10.2 Å². The maximum absolute atomic E-state index is 11.2. The third-order valence-corrected chi connectivity index (χ3v) is 2.12. The molecule has 78 valence electrons. The number of nitrogens with one attached hydrogen (secondary N) is 1. The molecule has 0 aliphatic carbocycles. The molecule has 14 heavy (non-hydrogen) atoms. The van der Waals surface area contributed by atoms with E-state index in [1.54, 1.807) is 4.90 Å². The first-order valence-corrected chi connectivity index (χ1v) is 4.85. The van der Waals surface area contributed by atoms with Crippen LogP contribution in [0.15, 0.2) is 11.6 Å². The van der Waals surface area contributed by atoms with Crippen LogP contribution in [-0.2, 0) is 9.59 Å². The van der Waals surface area contributed by atoms with Crippen LogP contribution in [0.4, 0.5) is 0 Å². The minimum Gasteiger partial charge on any atom is -0.350 e. The van der Waals surface area contributed by atoms with Crippen molar-refractivity contribution in [1.29, 1.82) is 0 Å². The number of nitrogens with zero attached hydrogens (tertiary/aromatic N) is 1. The zero-order chi connectivity index (χ0) is 10.6. The lowest BCUT2D eigenvalue weighted by molar-refractivity contribution is -0.133. The van der Waals surface area contributed by atoms with Crippen LogP contribution in [0.25, 0.3) is 0 Å². The van der Waals surface area contributed by atoms with Crippen LogP contribution in [0, 0.1) is 0 Å². The molecular weight excluding hydrogens is 204 g/mol. The molecule has 2 amide bonds. The number of carbonyl (C=O) groups is 2. The summed E-state index contributed by atoms with van der Waals surface area (Å²) in [5.41, 5.74) is 0. The van der Waals surface area contributed by atoms with Crippen molar-refractivity contribution in [3.05, 3.63) is 11.6 Å². The van der Waals surface area contributed by atoms with Crippen molar-refractivity contribution in [2.75, 3.05) is 19.6 Å². The fourth-order valence-electron chi connectivity index (χ4n) is 1.29. The second kappa shape index (κ2) is 5.00. The Kier molecular flexibility index (Phi) is 3.95. The summed E-state index contributed by atoms with van der Waals surface area (Å²) in [6.07, 6.45) is 1.39. The molecule has 1 N–H and O–H groups in total. The Bertz CT molecular complexity index is 266. The molecule has 0 saturated carbocycles. The Morgan fingerprint density at radius 3 is 2.86 bits per heavy atom. The molecule has 0 atom stereocenters. The fraction of sp³-hybridized carbons (Fsp3) is 0.556. The number of hydrogen-bond acceptors (Lipinski definition) is 2. The van der Waals surface area contributed by atoms with Gasteiger partial charge >= 0.3 is 0 Å². The molecular formula is C9H13ClN2O2. The van der Waals surface area contributed by atoms with E-state index in [1.165, 1.54) is 0 Å². The van der Waals surface area contributed by atoms with Crippen LogP contribution >= 0.6 is 11.6 Å². The van der Waals surface area contributed by atoms with E-state index in [4.69, 9.17) is 11.6 Å². The maximum atomic E-state index is 11.2. The van der Waals surface area contributed by atoms with E-state index in [0.717, 1.165) is 6.42 Å². The normalized spacial score (nSPS) is 15.8. The van der Waals surface area contributed by atoms with E-state index in [2.05, 4.69) is 11.9 Å². The van der Waals surface area contributed by atoms with E-state index in [9.17, 15) is 9.59 Å². The van der Waals surface area contributed by atoms with Crippen LogP contribution in [0.5, 0.6) is 0 Å². The predicted octanol–water partition coefficient (Wildman–Crippen LogP) is 0.478. The molecule has 4 nitrogen and oxygen atoms in total. The van der Waals surface area contributed by atoms with Gasteiger partial charge in [0.25, 0.3) is 0 Å². The van der Waals surface area contributed by atoms with Crippen molar-refractivity contribution >= 4 is 23.4 Å². The van der Waals surface area contributed by atoms with E-state index < -0.39 is 0 Å². The number of rotatable bonds is 4. The van der Waals surface area contributed by atoms with Crippen LogP contribution < -0.4 is 5.32 Å². The third-order valence-electron chi connectivity index (χ3n) is 1.98. The van der Waals surface area contributed by atoms with Crippen molar-refractivity contribution in [3.63, 3.8) is 0 Å². The van der Waals surface area contributed by atoms with Crippen molar-refractivity contribution in [3.8, 4) is 0 Å². The highest BCUT2D eigenvalue weighted by Gasteiger charge is 2.21. The molecule has 1 heterocycles. The van der Waals surface area contributed by atoms with Gasteiger partial charge in [-0.3, -0.25) is 9.59 Å². The largest absolute Gasteiger partial charge is 0.350 e. The van der Waals surface area contributed by atoms with Gasteiger partial charge in [0.2, 0.25) is 11.8 Å². The van der Waals surface area contributed by atoms with Gasteiger partial charge in [-0.1, -0.05) is 18.2 Å². The van der Waals surface area contributed by atoms with Crippen LogP contribution in [0.1, 0.15) is 12.8 Å². The second-order valence-electron chi connectivity index (χ2n) is 3.21. The van der Waals surface area contributed by atoms with Gasteiger partial charge in [0.1, 0.15) is 0 Å². The summed E-state index contributed by atoms with van der Waals surface area (Å²) in [7, 11) is 0. The molecule has 0 aromatic carbocycles. The van der Waals surface area contributed by atoms with E-state index in [-0.39, 0.29) is 24.9 Å². The number of hydrogen-bond donors (Lipinski definition) is 1. The lowest BCUT2D eigenvalue weighted by Crippen LogP contribution is -2.38. The number of carbonyl (C=O) groups excluding carboxylic acids is 2. The molecule has 1 fully saturated rings. The number of likely N-dealkylation sites (tertiary alicyclic amines) is 1. The Morgan fingerprint density at radius 1 is 1.64 bits per heavy atom. The Labute approximate surface area is 87.9 Å². The van der Waals surface area contributed by atoms with Gasteiger partial charge in [0.15, 0.2) is 0 Å². The van der Waals surface area contributed by atoms with E-state index >= 15 is 0 Å². The minimum atomic E-state index is -0.193. The number of amides is 2. The van der Waals surface area contributed by atoms with Gasteiger partial charge in [0.05, 0.1) is 13.1 Å². The third kappa shape index (κ3) is 3.38. The summed E-state index contributed by atoms with van der Waals surface area (Å²) in [6, 6.07) is 0. The maximum Gasteiger partial charge on any atom is 0.239 e. The highest BCUT2D eigenvalue weighted by Crippen LogP contribution is 2.08. The highest BCUT2D eigenvalue weighted by molar-refractivity contribution is 6.29. The van der Waals surface area contributed by atoms with Crippen LogP contribution in [0.3, 0.4) is 0 Å². The summed E-state index contributed by atoms with van der Waals surface area (Å²) >= 11 is 5.48. The summed E-state index contributed by atoms with van der Waals surface area (Å²) < 4.78 is 0. The first-order chi connectivity index (χ1) is 6.59. The van der Waals surface area contributed by atoms with E-state index in [0.29, 0.717) is 18.0 Å². The molecule has 0 unspecified atom stereocenters. The summed E-state index contributed by atoms with van der Waals surface area (Å²) in [4.78, 5) is 23.9. The van der Waals surface area contributed by atoms with Gasteiger partial charge in [-0.25, -0.2) is 0 Å². The lowest BCUT2D eigenvalue weighted by atomic mass is 10.4. The van der Waals surface area contributed by atoms with Crippen LogP contribution in [0.2, 0.25) is 0 Å². The number of halogens is 1. The second-order valence-corrected chi connectivity index (χ2v) is 3.75. The minimum absolute atomic E-state index is 0.0462. The molecule has 1 aliphatic heterocycles. The Balaban J connectivity index is 2.26. The van der Waals surface area contributed by atoms with Gasteiger partial charge in [0, 0.05) is 18.0 Å². The average molecular weight is 217 g/mol. The molecule has 1 rings (SSSR count).